The second-order valence-corrected chi connectivity index (χ2v) is 7.60. The molecule has 1 amide bonds. The van der Waals surface area contributed by atoms with Crippen LogP contribution in [0.2, 0.25) is 0 Å². The van der Waals surface area contributed by atoms with Gasteiger partial charge in [-0.05, 0) is 30.2 Å². The van der Waals surface area contributed by atoms with Gasteiger partial charge < -0.3 is 10.6 Å². The van der Waals surface area contributed by atoms with Crippen LogP contribution in [0, 0.1) is 11.8 Å². The smallest absolute Gasteiger partial charge is 0.331 e. The molecular formula is C20H25ClN4O3. The summed E-state index contributed by atoms with van der Waals surface area (Å²) in [5.74, 6) is 0.607. The lowest BCUT2D eigenvalue weighted by atomic mass is 9.98. The van der Waals surface area contributed by atoms with Crippen molar-refractivity contribution in [2.45, 2.75) is 32.0 Å². The molecule has 2 aliphatic rings. The predicted octanol–water partition coefficient (Wildman–Crippen LogP) is 0.676. The Kier molecular flexibility index (Phi) is 6.05. The maximum absolute atomic E-state index is 12.7. The van der Waals surface area contributed by atoms with Crippen LogP contribution in [0.15, 0.2) is 52.2 Å². The van der Waals surface area contributed by atoms with Crippen LogP contribution in [0.3, 0.4) is 0 Å². The number of carbonyl (C=O) groups excluding carboxylic acids is 1. The van der Waals surface area contributed by atoms with Crippen LogP contribution in [-0.2, 0) is 17.9 Å². The minimum atomic E-state index is -0.462. The zero-order chi connectivity index (χ0) is 19.0. The lowest BCUT2D eigenvalue weighted by Gasteiger charge is -2.19. The molecule has 28 heavy (non-hydrogen) atoms. The van der Waals surface area contributed by atoms with Crippen molar-refractivity contribution in [3.05, 3.63) is 69.0 Å². The highest BCUT2D eigenvalue weighted by Crippen LogP contribution is 2.37. The summed E-state index contributed by atoms with van der Waals surface area (Å²) in [7, 11) is 0. The number of aromatic nitrogens is 2. The Bertz CT molecular complexity index is 956. The first-order valence-electron chi connectivity index (χ1n) is 9.40. The molecule has 1 aliphatic heterocycles. The summed E-state index contributed by atoms with van der Waals surface area (Å²) in [4.78, 5) is 39.4. The van der Waals surface area contributed by atoms with Gasteiger partial charge in [-0.25, -0.2) is 4.79 Å². The minimum Gasteiger partial charge on any atom is -0.341 e. The van der Waals surface area contributed by atoms with Gasteiger partial charge in [-0.3, -0.25) is 18.7 Å². The molecule has 2 fully saturated rings. The summed E-state index contributed by atoms with van der Waals surface area (Å²) in [6.45, 7) is 1.44. The average Bonchev–Trinajstić information content (AvgIpc) is 3.24. The van der Waals surface area contributed by atoms with Crippen LogP contribution in [0.4, 0.5) is 0 Å². The number of likely N-dealkylation sites (tertiary alicyclic amines) is 1. The van der Waals surface area contributed by atoms with Gasteiger partial charge in [-0.2, -0.15) is 0 Å². The van der Waals surface area contributed by atoms with Crippen LogP contribution in [0.5, 0.6) is 0 Å². The zero-order valence-corrected chi connectivity index (χ0v) is 16.4. The molecule has 2 N–H and O–H groups in total. The molecule has 2 heterocycles. The molecule has 1 aromatic heterocycles. The molecule has 4 rings (SSSR count). The van der Waals surface area contributed by atoms with Crippen molar-refractivity contribution in [2.24, 2.45) is 17.6 Å². The summed E-state index contributed by atoms with van der Waals surface area (Å²) < 4.78 is 2.48. The molecule has 8 heteroatoms. The second kappa shape index (κ2) is 8.32. The van der Waals surface area contributed by atoms with Crippen LogP contribution < -0.4 is 17.0 Å². The van der Waals surface area contributed by atoms with E-state index in [4.69, 9.17) is 5.73 Å². The molecule has 7 nitrogen and oxygen atoms in total. The van der Waals surface area contributed by atoms with E-state index in [-0.39, 0.29) is 30.9 Å². The van der Waals surface area contributed by atoms with Crippen LogP contribution in [0.1, 0.15) is 18.4 Å². The van der Waals surface area contributed by atoms with Gasteiger partial charge in [0.05, 0.1) is 6.54 Å². The van der Waals surface area contributed by atoms with E-state index in [1.165, 1.54) is 16.8 Å². The van der Waals surface area contributed by atoms with Gasteiger partial charge >= 0.3 is 5.69 Å². The highest BCUT2D eigenvalue weighted by Gasteiger charge is 2.42. The summed E-state index contributed by atoms with van der Waals surface area (Å²) in [5.41, 5.74) is 6.17. The maximum Gasteiger partial charge on any atom is 0.331 e. The molecule has 150 valence electrons. The first kappa shape index (κ1) is 20.4. The molecule has 2 aromatic rings. The molecule has 0 spiro atoms. The summed E-state index contributed by atoms with van der Waals surface area (Å²) in [6.07, 6.45) is 3.54. The Morgan fingerprint density at radius 3 is 2.54 bits per heavy atom. The van der Waals surface area contributed by atoms with E-state index in [1.54, 1.807) is 4.90 Å². The third-order valence-corrected chi connectivity index (χ3v) is 5.89. The molecule has 1 aliphatic carbocycles. The number of benzene rings is 1. The summed E-state index contributed by atoms with van der Waals surface area (Å²) in [5, 5.41) is 0. The number of nitrogens with zero attached hydrogens (tertiary/aromatic N) is 3. The SMILES string of the molecule is Cl.NC1CCC2CN(C(=O)Cn3c(=O)ccn(Cc4ccccc4)c3=O)CC12. The number of fused-ring (bicyclic) bond motifs is 1. The van der Waals surface area contributed by atoms with Gasteiger partial charge in [-0.1, -0.05) is 30.3 Å². The van der Waals surface area contributed by atoms with Gasteiger partial charge in [0.1, 0.15) is 6.54 Å². The van der Waals surface area contributed by atoms with Crippen molar-refractivity contribution >= 4 is 18.3 Å². The Hall–Kier alpha value is -2.38. The van der Waals surface area contributed by atoms with E-state index in [2.05, 4.69) is 0 Å². The van der Waals surface area contributed by atoms with E-state index in [0.717, 1.165) is 23.0 Å². The van der Waals surface area contributed by atoms with Crippen molar-refractivity contribution in [1.82, 2.24) is 14.0 Å². The molecule has 1 saturated carbocycles. The largest absolute Gasteiger partial charge is 0.341 e. The lowest BCUT2D eigenvalue weighted by Crippen LogP contribution is -2.44. The molecule has 3 unspecified atom stereocenters. The zero-order valence-electron chi connectivity index (χ0n) is 15.6. The van der Waals surface area contributed by atoms with Crippen LogP contribution in [-0.4, -0.2) is 39.1 Å². The average molecular weight is 405 g/mol. The van der Waals surface area contributed by atoms with Crippen molar-refractivity contribution in [1.29, 1.82) is 0 Å². The third kappa shape index (κ3) is 3.91. The van der Waals surface area contributed by atoms with Crippen molar-refractivity contribution in [2.75, 3.05) is 13.1 Å². The molecule has 3 atom stereocenters. The highest BCUT2D eigenvalue weighted by atomic mass is 35.5. The molecule has 1 saturated heterocycles. The second-order valence-electron chi connectivity index (χ2n) is 7.60. The van der Waals surface area contributed by atoms with Crippen LogP contribution in [0.25, 0.3) is 0 Å². The number of hydrogen-bond donors (Lipinski definition) is 1. The van der Waals surface area contributed by atoms with E-state index < -0.39 is 11.2 Å². The van der Waals surface area contributed by atoms with Crippen molar-refractivity contribution in [3.63, 3.8) is 0 Å². The Balaban J connectivity index is 0.00000225. The van der Waals surface area contributed by atoms with E-state index in [1.807, 2.05) is 30.3 Å². The first-order valence-corrected chi connectivity index (χ1v) is 9.40. The fourth-order valence-corrected chi connectivity index (χ4v) is 4.35. The number of nitrogens with two attached hydrogens (primary N) is 1. The van der Waals surface area contributed by atoms with E-state index in [9.17, 15) is 14.4 Å². The van der Waals surface area contributed by atoms with Gasteiger partial charge in [0.15, 0.2) is 0 Å². The summed E-state index contributed by atoms with van der Waals surface area (Å²) in [6, 6.07) is 11.0. The number of hydrogen-bond acceptors (Lipinski definition) is 4. The number of rotatable bonds is 4. The Labute approximate surface area is 169 Å². The maximum atomic E-state index is 12.7. The first-order chi connectivity index (χ1) is 13.0. The predicted molar refractivity (Wildman–Crippen MR) is 109 cm³/mol. The Morgan fingerprint density at radius 2 is 1.82 bits per heavy atom. The third-order valence-electron chi connectivity index (χ3n) is 5.89. The van der Waals surface area contributed by atoms with Crippen molar-refractivity contribution in [3.8, 4) is 0 Å². The highest BCUT2D eigenvalue weighted by molar-refractivity contribution is 5.85. The van der Waals surface area contributed by atoms with Gasteiger partial charge in [-0.15, -0.1) is 12.4 Å². The normalized spacial score (nSPS) is 23.3. The van der Waals surface area contributed by atoms with Crippen molar-refractivity contribution < 1.29 is 4.79 Å². The van der Waals surface area contributed by atoms with Crippen LogP contribution >= 0.6 is 12.4 Å². The number of carbonyl (C=O) groups is 1. The monoisotopic (exact) mass is 404 g/mol. The standard InChI is InChI=1S/C20H24N4O3.ClH/c21-17-7-6-15-11-23(12-16(15)17)19(26)13-24-18(25)8-9-22(20(24)27)10-14-4-2-1-3-5-14;/h1-5,8-9,15-17H,6-7,10-13,21H2;1H. The van der Waals surface area contributed by atoms with Gasteiger partial charge in [0.25, 0.3) is 5.56 Å². The molecule has 1 aromatic carbocycles. The Morgan fingerprint density at radius 1 is 1.07 bits per heavy atom. The molecular weight excluding hydrogens is 380 g/mol. The van der Waals surface area contributed by atoms with Gasteiger partial charge in [0.2, 0.25) is 5.91 Å². The fourth-order valence-electron chi connectivity index (χ4n) is 4.35. The van der Waals surface area contributed by atoms with E-state index >= 15 is 0 Å². The molecule has 0 radical (unpaired) electrons. The van der Waals surface area contributed by atoms with Gasteiger partial charge in [0, 0.05) is 31.4 Å². The fraction of sp³-hybridized carbons (Fsp3) is 0.450. The number of halogens is 1. The van der Waals surface area contributed by atoms with E-state index in [0.29, 0.717) is 31.5 Å². The number of amides is 1. The topological polar surface area (TPSA) is 90.3 Å². The quantitative estimate of drug-likeness (QED) is 0.811. The summed E-state index contributed by atoms with van der Waals surface area (Å²) >= 11 is 0. The lowest BCUT2D eigenvalue weighted by molar-refractivity contribution is -0.131. The minimum absolute atomic E-state index is 0. The molecule has 0 bridgehead atoms.